The number of hydrogen-bond acceptors (Lipinski definition) is 8. The quantitative estimate of drug-likeness (QED) is 0.215. The van der Waals surface area contributed by atoms with Crippen LogP contribution in [0.15, 0.2) is 0 Å². The number of nitrogens with zero attached hydrogens (tertiary/aromatic N) is 1. The van der Waals surface area contributed by atoms with Crippen molar-refractivity contribution in [2.75, 3.05) is 73.0 Å². The van der Waals surface area contributed by atoms with Crippen LogP contribution in [-0.4, -0.2) is 96.9 Å². The summed E-state index contributed by atoms with van der Waals surface area (Å²) in [7, 11) is 1.58. The number of aliphatic hydroxyl groups is 3. The molecule has 0 saturated carbocycles. The van der Waals surface area contributed by atoms with E-state index in [0.29, 0.717) is 39.5 Å². The molecular formula is C11H27NO8Ti. The first-order valence-electron chi connectivity index (χ1n) is 6.59. The predicted molar refractivity (Wildman–Crippen MR) is 69.2 cm³/mol. The van der Waals surface area contributed by atoms with E-state index < -0.39 is 18.6 Å². The first-order valence-corrected chi connectivity index (χ1v) is 8.57. The molecule has 0 bridgehead atoms. The molecule has 0 aromatic rings. The summed E-state index contributed by atoms with van der Waals surface area (Å²) in [6, 6.07) is 0. The van der Waals surface area contributed by atoms with Crippen molar-refractivity contribution in [1.29, 1.82) is 0 Å². The van der Waals surface area contributed by atoms with Crippen molar-refractivity contribution in [3.05, 3.63) is 0 Å². The van der Waals surface area contributed by atoms with Gasteiger partial charge >= 0.3 is 72.0 Å². The van der Waals surface area contributed by atoms with E-state index >= 15 is 0 Å². The van der Waals surface area contributed by atoms with E-state index in [1.807, 2.05) is 0 Å². The van der Waals surface area contributed by atoms with Crippen LogP contribution in [0.25, 0.3) is 0 Å². The van der Waals surface area contributed by atoms with Crippen LogP contribution < -0.4 is 0 Å². The number of ether oxygens (including phenoxy) is 2. The summed E-state index contributed by atoms with van der Waals surface area (Å²) in [6.45, 7) is 3.28. The van der Waals surface area contributed by atoms with Crippen LogP contribution in [0.5, 0.6) is 0 Å². The largest absolute Gasteiger partial charge is 0.395 e. The molecule has 10 heteroatoms. The fourth-order valence-electron chi connectivity index (χ4n) is 1.19. The third-order valence-corrected chi connectivity index (χ3v) is 2.84. The molecule has 9 nitrogen and oxygen atoms in total. The van der Waals surface area contributed by atoms with Crippen LogP contribution in [0, 0.1) is 0 Å². The zero-order chi connectivity index (χ0) is 16.3. The fourth-order valence-corrected chi connectivity index (χ4v) is 1.59. The van der Waals surface area contributed by atoms with Gasteiger partial charge in [0.15, 0.2) is 0 Å². The average Bonchev–Trinajstić information content (AvgIpc) is 2.44. The molecular weight excluding hydrogens is 322 g/mol. The van der Waals surface area contributed by atoms with E-state index in [1.54, 1.807) is 12.0 Å². The molecule has 0 radical (unpaired) electrons. The summed E-state index contributed by atoms with van der Waals surface area (Å²) in [6.07, 6.45) is 0. The van der Waals surface area contributed by atoms with Gasteiger partial charge < -0.3 is 15.3 Å². The Morgan fingerprint density at radius 2 is 1.38 bits per heavy atom. The van der Waals surface area contributed by atoms with E-state index in [4.69, 9.17) is 28.5 Å². The second-order valence-electron chi connectivity index (χ2n) is 3.73. The molecule has 0 spiro atoms. The van der Waals surface area contributed by atoms with Crippen molar-refractivity contribution in [1.82, 2.24) is 4.90 Å². The molecule has 0 rings (SSSR count). The van der Waals surface area contributed by atoms with Gasteiger partial charge in [-0.3, -0.25) is 4.90 Å². The molecule has 0 amide bonds. The standard InChI is InChI=1S/C6H15NO3.C5H11O3.H2O.O.Ti/c8-4-1-7(2-5-9)3-6-10;1-7-4-5-8-3-2-6;;;/h8-10H,1-6H2;2-5H2,1H3;1H2;;/q;-1;;;+2/p-1. The maximum Gasteiger partial charge on any atom is 0.0558 e. The number of methoxy groups -OCH3 is 1. The molecule has 0 aliphatic carbocycles. The molecule has 0 atom stereocenters. The summed E-state index contributed by atoms with van der Waals surface area (Å²) in [4.78, 5) is 1.79. The van der Waals surface area contributed by atoms with E-state index in [2.05, 4.69) is 3.32 Å². The molecule has 4 N–H and O–H groups in total. The smallest absolute Gasteiger partial charge is 0.0558 e. The third kappa shape index (κ3) is 22.6. The van der Waals surface area contributed by atoms with Gasteiger partial charge in [0.2, 0.25) is 0 Å². The summed E-state index contributed by atoms with van der Waals surface area (Å²) >= 11 is -3.32. The minimum absolute atomic E-state index is 0.0694. The minimum atomic E-state index is -3.32. The van der Waals surface area contributed by atoms with Gasteiger partial charge in [0, 0.05) is 19.6 Å². The number of aliphatic hydroxyl groups excluding tert-OH is 3. The third-order valence-electron chi connectivity index (χ3n) is 2.13. The molecule has 0 heterocycles. The molecule has 0 aromatic heterocycles. The molecule has 128 valence electrons. The van der Waals surface area contributed by atoms with Crippen molar-refractivity contribution < 1.29 is 53.7 Å². The van der Waals surface area contributed by atoms with Gasteiger partial charge in [-0.15, -0.1) is 0 Å². The topological polar surface area (TPSA) is 129 Å². The van der Waals surface area contributed by atoms with Gasteiger partial charge in [-0.1, -0.05) is 0 Å². The van der Waals surface area contributed by atoms with Crippen LogP contribution in [0.3, 0.4) is 0 Å². The SMILES string of the molecule is COCCOCC[O][Ti](=[O])[OH].OCCN(CCO)CCO. The van der Waals surface area contributed by atoms with Crippen molar-refractivity contribution in [2.45, 2.75) is 0 Å². The Morgan fingerprint density at radius 3 is 1.76 bits per heavy atom. The predicted octanol–water partition coefficient (Wildman–Crippen LogP) is -2.28. The maximum atomic E-state index is 10.0. The van der Waals surface area contributed by atoms with Crippen molar-refractivity contribution >= 4 is 0 Å². The second kappa shape index (κ2) is 20.2. The van der Waals surface area contributed by atoms with Crippen LogP contribution >= 0.6 is 0 Å². The van der Waals surface area contributed by atoms with E-state index in [0.717, 1.165) is 0 Å². The summed E-state index contributed by atoms with van der Waals surface area (Å²) in [5, 5.41) is 25.5. The molecule has 0 unspecified atom stereocenters. The van der Waals surface area contributed by atoms with Gasteiger partial charge in [-0.25, -0.2) is 0 Å². The molecule has 0 fully saturated rings. The Kier molecular flexibility index (Phi) is 22.6. The molecule has 0 aliphatic heterocycles. The monoisotopic (exact) mass is 349 g/mol. The molecule has 0 aliphatic rings. The number of rotatable bonds is 13. The maximum absolute atomic E-state index is 10.0. The first kappa shape index (κ1) is 23.5. The summed E-state index contributed by atoms with van der Waals surface area (Å²) in [5.74, 6) is 0. The Morgan fingerprint density at radius 1 is 0.905 bits per heavy atom. The fraction of sp³-hybridized carbons (Fsp3) is 1.00. The first-order chi connectivity index (χ1) is 10.1. The van der Waals surface area contributed by atoms with Crippen molar-refractivity contribution in [3.8, 4) is 0 Å². The van der Waals surface area contributed by atoms with Gasteiger partial charge in [0.25, 0.3) is 0 Å². The van der Waals surface area contributed by atoms with Gasteiger partial charge in [0.05, 0.1) is 19.8 Å². The second-order valence-corrected chi connectivity index (χ2v) is 5.01. The van der Waals surface area contributed by atoms with Crippen molar-refractivity contribution in [2.24, 2.45) is 0 Å². The van der Waals surface area contributed by atoms with E-state index in [9.17, 15) is 3.32 Å². The van der Waals surface area contributed by atoms with Crippen LogP contribution in [0.1, 0.15) is 0 Å². The van der Waals surface area contributed by atoms with Gasteiger partial charge in [-0.05, 0) is 0 Å². The van der Waals surface area contributed by atoms with Crippen molar-refractivity contribution in [3.63, 3.8) is 0 Å². The van der Waals surface area contributed by atoms with E-state index in [1.165, 1.54) is 0 Å². The van der Waals surface area contributed by atoms with Crippen LogP contribution in [0.4, 0.5) is 0 Å². The average molecular weight is 349 g/mol. The Labute approximate surface area is 132 Å². The number of hydrogen-bond donors (Lipinski definition) is 4. The Hall–Kier alpha value is 0.194. The van der Waals surface area contributed by atoms with Gasteiger partial charge in [0.1, 0.15) is 0 Å². The minimum Gasteiger partial charge on any atom is -0.395 e. The van der Waals surface area contributed by atoms with Crippen LogP contribution in [-0.2, 0) is 34.7 Å². The normalized spacial score (nSPS) is 10.4. The molecule has 21 heavy (non-hydrogen) atoms. The summed E-state index contributed by atoms with van der Waals surface area (Å²) in [5.41, 5.74) is 0. The molecule has 0 saturated heterocycles. The summed E-state index contributed by atoms with van der Waals surface area (Å²) < 4.78 is 32.4. The van der Waals surface area contributed by atoms with E-state index in [-0.39, 0.29) is 26.4 Å². The zero-order valence-electron chi connectivity index (χ0n) is 12.4. The Balaban J connectivity index is 0. The Bertz CT molecular complexity index is 208. The van der Waals surface area contributed by atoms with Crippen LogP contribution in [0.2, 0.25) is 0 Å². The zero-order valence-corrected chi connectivity index (χ0v) is 14.0. The molecule has 0 aromatic carbocycles. The van der Waals surface area contributed by atoms with Gasteiger partial charge in [-0.2, -0.15) is 0 Å².